The van der Waals surface area contributed by atoms with E-state index in [0.29, 0.717) is 11.4 Å². The molecule has 0 radical (unpaired) electrons. The highest BCUT2D eigenvalue weighted by atomic mass is 19.1. The molecule has 0 spiro atoms. The van der Waals surface area contributed by atoms with E-state index in [0.717, 1.165) is 11.1 Å². The van der Waals surface area contributed by atoms with Gasteiger partial charge in [0.25, 0.3) is 11.8 Å². The molecule has 5 rings (SSSR count). The normalized spacial score (nSPS) is 17.4. The molecule has 35 heavy (non-hydrogen) atoms. The van der Waals surface area contributed by atoms with E-state index in [2.05, 4.69) is 25.9 Å². The average molecular weight is 477 g/mol. The number of aromatic nitrogens is 4. The summed E-state index contributed by atoms with van der Waals surface area (Å²) in [5.41, 5.74) is 0.810. The van der Waals surface area contributed by atoms with Gasteiger partial charge in [-0.1, -0.05) is 11.3 Å². The SMILES string of the molecule is O=C1CCC(N2C(=O)c3cccc(NC(=O)Cn4cc(-c5ccc(F)cn5)nn4)c3C2=O)C(=O)N1. The lowest BCUT2D eigenvalue weighted by Crippen LogP contribution is -2.54. The highest BCUT2D eigenvalue weighted by molar-refractivity contribution is 6.26. The summed E-state index contributed by atoms with van der Waals surface area (Å²) < 4.78 is 14.3. The number of imide groups is 2. The summed E-state index contributed by atoms with van der Waals surface area (Å²) in [6.45, 7) is -0.267. The molecule has 1 saturated heterocycles. The zero-order valence-electron chi connectivity index (χ0n) is 17.9. The van der Waals surface area contributed by atoms with Crippen LogP contribution in [-0.4, -0.2) is 60.5 Å². The van der Waals surface area contributed by atoms with Crippen LogP contribution in [0.4, 0.5) is 10.1 Å². The fourth-order valence-electron chi connectivity index (χ4n) is 3.98. The molecule has 4 heterocycles. The predicted molar refractivity (Wildman–Crippen MR) is 115 cm³/mol. The molecule has 0 aliphatic carbocycles. The van der Waals surface area contributed by atoms with Gasteiger partial charge in [0.05, 0.1) is 34.9 Å². The van der Waals surface area contributed by atoms with Gasteiger partial charge in [0, 0.05) is 6.42 Å². The molecule has 1 fully saturated rings. The van der Waals surface area contributed by atoms with Crippen molar-refractivity contribution in [2.24, 2.45) is 0 Å². The van der Waals surface area contributed by atoms with Crippen LogP contribution in [0.1, 0.15) is 33.6 Å². The molecule has 0 saturated carbocycles. The molecule has 3 aromatic rings. The van der Waals surface area contributed by atoms with Crippen LogP contribution in [0.3, 0.4) is 0 Å². The molecule has 5 amide bonds. The lowest BCUT2D eigenvalue weighted by molar-refractivity contribution is -0.136. The Morgan fingerprint density at radius 3 is 2.69 bits per heavy atom. The number of nitrogens with one attached hydrogen (secondary N) is 2. The number of pyridine rings is 1. The molecular formula is C22H16FN7O5. The maximum atomic E-state index is 13.1. The first kappa shape index (κ1) is 22.0. The molecule has 13 heteroatoms. The van der Waals surface area contributed by atoms with Crippen LogP contribution in [0.25, 0.3) is 11.4 Å². The van der Waals surface area contributed by atoms with Crippen molar-refractivity contribution in [1.29, 1.82) is 0 Å². The van der Waals surface area contributed by atoms with Crippen LogP contribution in [0.2, 0.25) is 0 Å². The van der Waals surface area contributed by atoms with Crippen LogP contribution in [-0.2, 0) is 20.9 Å². The van der Waals surface area contributed by atoms with Crippen molar-refractivity contribution in [2.45, 2.75) is 25.4 Å². The van der Waals surface area contributed by atoms with Gasteiger partial charge >= 0.3 is 0 Å². The number of rotatable bonds is 5. The number of piperidine rings is 1. The molecule has 2 N–H and O–H groups in total. The highest BCUT2D eigenvalue weighted by Crippen LogP contribution is 2.32. The maximum Gasteiger partial charge on any atom is 0.264 e. The summed E-state index contributed by atoms with van der Waals surface area (Å²) in [6, 6.07) is 5.93. The Bertz CT molecular complexity index is 1400. The number of fused-ring (bicyclic) bond motifs is 1. The van der Waals surface area contributed by atoms with Crippen molar-refractivity contribution in [3.05, 3.63) is 59.7 Å². The van der Waals surface area contributed by atoms with Crippen molar-refractivity contribution >= 4 is 35.2 Å². The van der Waals surface area contributed by atoms with Gasteiger partial charge in [0.15, 0.2) is 0 Å². The summed E-state index contributed by atoms with van der Waals surface area (Å²) in [7, 11) is 0. The zero-order chi connectivity index (χ0) is 24.7. The second-order valence-corrected chi connectivity index (χ2v) is 7.89. The van der Waals surface area contributed by atoms with Crippen molar-refractivity contribution < 1.29 is 28.4 Å². The maximum absolute atomic E-state index is 13.1. The van der Waals surface area contributed by atoms with Gasteiger partial charge in [0.2, 0.25) is 17.7 Å². The zero-order valence-corrected chi connectivity index (χ0v) is 17.9. The minimum Gasteiger partial charge on any atom is -0.324 e. The fraction of sp³-hybridized carbons (Fsp3) is 0.182. The number of hydrogen-bond donors (Lipinski definition) is 2. The van der Waals surface area contributed by atoms with E-state index in [1.54, 1.807) is 0 Å². The second kappa shape index (κ2) is 8.52. The summed E-state index contributed by atoms with van der Waals surface area (Å²) in [4.78, 5) is 67.1. The Morgan fingerprint density at radius 1 is 1.11 bits per heavy atom. The van der Waals surface area contributed by atoms with Gasteiger partial charge in [-0.2, -0.15) is 0 Å². The Labute approximate surface area is 196 Å². The minimum absolute atomic E-state index is 0.000735. The first-order chi connectivity index (χ1) is 16.8. The molecule has 176 valence electrons. The highest BCUT2D eigenvalue weighted by Gasteiger charge is 2.45. The number of halogens is 1. The molecule has 0 bridgehead atoms. The third-order valence-corrected chi connectivity index (χ3v) is 5.58. The number of benzene rings is 1. The van der Waals surface area contributed by atoms with Gasteiger partial charge in [-0.05, 0) is 30.7 Å². The molecule has 2 aromatic heterocycles. The van der Waals surface area contributed by atoms with Gasteiger partial charge in [0.1, 0.15) is 24.1 Å². The molecule has 12 nitrogen and oxygen atoms in total. The second-order valence-electron chi connectivity index (χ2n) is 7.89. The summed E-state index contributed by atoms with van der Waals surface area (Å²) in [5, 5.41) is 12.5. The molecule has 2 aliphatic rings. The topological polar surface area (TPSA) is 156 Å². The van der Waals surface area contributed by atoms with Crippen molar-refractivity contribution in [3.8, 4) is 11.4 Å². The number of hydrogen-bond acceptors (Lipinski definition) is 8. The Hall–Kier alpha value is -4.81. The fourth-order valence-corrected chi connectivity index (χ4v) is 3.98. The third kappa shape index (κ3) is 4.03. The van der Waals surface area contributed by atoms with E-state index < -0.39 is 41.4 Å². The van der Waals surface area contributed by atoms with Crippen LogP contribution in [0, 0.1) is 5.82 Å². The number of carbonyl (C=O) groups is 5. The average Bonchev–Trinajstić information content (AvgIpc) is 3.38. The monoisotopic (exact) mass is 477 g/mol. The van der Waals surface area contributed by atoms with Gasteiger partial charge in [-0.3, -0.25) is 39.2 Å². The van der Waals surface area contributed by atoms with Crippen molar-refractivity contribution in [1.82, 2.24) is 30.2 Å². The van der Waals surface area contributed by atoms with Crippen LogP contribution in [0.15, 0.2) is 42.7 Å². The summed E-state index contributed by atoms with van der Waals surface area (Å²) in [5.74, 6) is -3.66. The van der Waals surface area contributed by atoms with E-state index >= 15 is 0 Å². The van der Waals surface area contributed by atoms with E-state index in [1.807, 2.05) is 0 Å². The summed E-state index contributed by atoms with van der Waals surface area (Å²) >= 11 is 0. The van der Waals surface area contributed by atoms with Gasteiger partial charge < -0.3 is 5.32 Å². The number of nitrogens with zero attached hydrogens (tertiary/aromatic N) is 5. The Balaban J connectivity index is 1.33. The first-order valence-corrected chi connectivity index (χ1v) is 10.5. The van der Waals surface area contributed by atoms with Crippen molar-refractivity contribution in [3.63, 3.8) is 0 Å². The van der Waals surface area contributed by atoms with Gasteiger partial charge in [-0.25, -0.2) is 9.07 Å². The Morgan fingerprint density at radius 2 is 1.94 bits per heavy atom. The Kier molecular flexibility index (Phi) is 5.35. The van der Waals surface area contributed by atoms with Gasteiger partial charge in [-0.15, -0.1) is 5.10 Å². The van der Waals surface area contributed by atoms with Crippen LogP contribution in [0.5, 0.6) is 0 Å². The number of anilines is 1. The standard InChI is InChI=1S/C22H16FN7O5/c23-11-4-5-13(24-8-11)15-9-29(28-27-15)10-18(32)25-14-3-1-2-12-19(14)22(35)30(21(12)34)16-6-7-17(31)26-20(16)33/h1-5,8-9,16H,6-7,10H2,(H,25,32)(H,26,31,33). The largest absolute Gasteiger partial charge is 0.324 e. The van der Waals surface area contributed by atoms with E-state index in [1.165, 1.54) is 41.2 Å². The first-order valence-electron chi connectivity index (χ1n) is 10.5. The molecule has 1 aromatic carbocycles. The molecule has 1 unspecified atom stereocenters. The number of amides is 5. The summed E-state index contributed by atoms with van der Waals surface area (Å²) in [6.07, 6.45) is 2.51. The lowest BCUT2D eigenvalue weighted by atomic mass is 10.0. The third-order valence-electron chi connectivity index (χ3n) is 5.58. The van der Waals surface area contributed by atoms with Crippen LogP contribution >= 0.6 is 0 Å². The lowest BCUT2D eigenvalue weighted by Gasteiger charge is -2.27. The van der Waals surface area contributed by atoms with E-state index in [9.17, 15) is 28.4 Å². The van der Waals surface area contributed by atoms with Crippen molar-refractivity contribution in [2.75, 3.05) is 5.32 Å². The smallest absolute Gasteiger partial charge is 0.264 e. The van der Waals surface area contributed by atoms with Crippen LogP contribution < -0.4 is 10.6 Å². The number of carbonyl (C=O) groups excluding carboxylic acids is 5. The quantitative estimate of drug-likeness (QED) is 0.504. The minimum atomic E-state index is -1.11. The van der Waals surface area contributed by atoms with E-state index in [4.69, 9.17) is 0 Å². The molecule has 2 aliphatic heterocycles. The molecule has 1 atom stereocenters. The van der Waals surface area contributed by atoms with E-state index in [-0.39, 0.29) is 36.2 Å². The predicted octanol–water partition coefficient (Wildman–Crippen LogP) is 0.519. The molecular weight excluding hydrogens is 461 g/mol.